The number of fused-ring (bicyclic) bond motifs is 1. The molecule has 1 saturated carbocycles. The second kappa shape index (κ2) is 5.97. The summed E-state index contributed by atoms with van der Waals surface area (Å²) in [6, 6.07) is 5.10. The third-order valence-corrected chi connectivity index (χ3v) is 5.22. The Morgan fingerprint density at radius 1 is 1.22 bits per heavy atom. The zero-order valence-corrected chi connectivity index (χ0v) is 14.8. The number of carbonyl (C=O) groups excluding carboxylic acids is 1. The summed E-state index contributed by atoms with van der Waals surface area (Å²) in [4.78, 5) is 20.0. The maximum atomic E-state index is 13.3. The summed E-state index contributed by atoms with van der Waals surface area (Å²) in [5, 5.41) is 13.1. The molecule has 0 aromatic carbocycles. The van der Waals surface area contributed by atoms with Crippen LogP contribution in [0.2, 0.25) is 0 Å². The maximum Gasteiger partial charge on any atom is 0.255 e. The molecule has 138 valence electrons. The molecule has 1 aliphatic carbocycles. The highest BCUT2D eigenvalue weighted by atomic mass is 19.1. The Bertz CT molecular complexity index is 1030. The second-order valence-electron chi connectivity index (χ2n) is 7.16. The van der Waals surface area contributed by atoms with Gasteiger partial charge >= 0.3 is 0 Å². The standard InChI is InChI=1S/C18H18FN7O/c1-24(18(27)12-6-13(19)8-20-7-12)14-9-25(10-14)16-5-4-15-21-22-17(11-2-3-11)26(15)23-16/h4-8,11,14H,2-3,9-10H2,1H3. The summed E-state index contributed by atoms with van der Waals surface area (Å²) >= 11 is 0. The lowest BCUT2D eigenvalue weighted by Gasteiger charge is -2.44. The molecule has 1 amide bonds. The molecule has 3 aromatic rings. The van der Waals surface area contributed by atoms with Crippen LogP contribution >= 0.6 is 0 Å². The zero-order chi connectivity index (χ0) is 18.5. The van der Waals surface area contributed by atoms with E-state index in [-0.39, 0.29) is 17.5 Å². The monoisotopic (exact) mass is 367 g/mol. The van der Waals surface area contributed by atoms with Crippen LogP contribution in [-0.4, -0.2) is 61.8 Å². The van der Waals surface area contributed by atoms with Crippen LogP contribution in [0.3, 0.4) is 0 Å². The van der Waals surface area contributed by atoms with Crippen molar-refractivity contribution in [1.82, 2.24) is 29.7 Å². The molecule has 0 radical (unpaired) electrons. The van der Waals surface area contributed by atoms with Gasteiger partial charge in [0.05, 0.1) is 17.8 Å². The van der Waals surface area contributed by atoms with Crippen molar-refractivity contribution < 1.29 is 9.18 Å². The number of aromatic nitrogens is 5. The first-order valence-corrected chi connectivity index (χ1v) is 8.95. The number of hydrogen-bond donors (Lipinski definition) is 0. The molecule has 0 bridgehead atoms. The van der Waals surface area contributed by atoms with Gasteiger partial charge in [-0.2, -0.15) is 4.52 Å². The first kappa shape index (κ1) is 16.1. The van der Waals surface area contributed by atoms with Crippen LogP contribution in [0.5, 0.6) is 0 Å². The van der Waals surface area contributed by atoms with Crippen molar-refractivity contribution >= 4 is 17.4 Å². The zero-order valence-electron chi connectivity index (χ0n) is 14.8. The van der Waals surface area contributed by atoms with Gasteiger partial charge in [-0.3, -0.25) is 9.78 Å². The molecular weight excluding hydrogens is 349 g/mol. The number of carbonyl (C=O) groups is 1. The smallest absolute Gasteiger partial charge is 0.255 e. The van der Waals surface area contributed by atoms with Crippen molar-refractivity contribution in [1.29, 1.82) is 0 Å². The Labute approximate surface area is 154 Å². The molecule has 0 atom stereocenters. The van der Waals surface area contributed by atoms with Gasteiger partial charge in [0.15, 0.2) is 11.5 Å². The molecule has 8 nitrogen and oxygen atoms in total. The molecular formula is C18H18FN7O. The normalized spacial score (nSPS) is 17.2. The number of anilines is 1. The van der Waals surface area contributed by atoms with Gasteiger partial charge in [0, 0.05) is 32.3 Å². The number of pyridine rings is 1. The van der Waals surface area contributed by atoms with Crippen LogP contribution in [0.4, 0.5) is 10.2 Å². The van der Waals surface area contributed by atoms with E-state index in [9.17, 15) is 9.18 Å². The van der Waals surface area contributed by atoms with Crippen molar-refractivity contribution in [2.75, 3.05) is 25.0 Å². The van der Waals surface area contributed by atoms with Crippen LogP contribution in [0.1, 0.15) is 34.9 Å². The van der Waals surface area contributed by atoms with Gasteiger partial charge in [0.1, 0.15) is 11.6 Å². The van der Waals surface area contributed by atoms with Gasteiger partial charge in [0.2, 0.25) is 0 Å². The van der Waals surface area contributed by atoms with Gasteiger partial charge < -0.3 is 9.80 Å². The highest BCUT2D eigenvalue weighted by Gasteiger charge is 2.35. The molecule has 4 heterocycles. The number of nitrogens with zero attached hydrogens (tertiary/aromatic N) is 7. The van der Waals surface area contributed by atoms with Gasteiger partial charge in [-0.25, -0.2) is 4.39 Å². The minimum absolute atomic E-state index is 0.0436. The van der Waals surface area contributed by atoms with Crippen LogP contribution in [0.25, 0.3) is 5.65 Å². The summed E-state index contributed by atoms with van der Waals surface area (Å²) in [6.07, 6.45) is 4.75. The third-order valence-electron chi connectivity index (χ3n) is 5.22. The molecule has 9 heteroatoms. The molecule has 1 saturated heterocycles. The third kappa shape index (κ3) is 2.79. The van der Waals surface area contributed by atoms with E-state index in [1.54, 1.807) is 11.9 Å². The van der Waals surface area contributed by atoms with E-state index in [0.29, 0.717) is 19.0 Å². The van der Waals surface area contributed by atoms with Crippen molar-refractivity contribution in [3.05, 3.63) is 47.8 Å². The van der Waals surface area contributed by atoms with E-state index >= 15 is 0 Å². The lowest BCUT2D eigenvalue weighted by Crippen LogP contribution is -2.60. The predicted octanol–water partition coefficient (Wildman–Crippen LogP) is 1.50. The molecule has 2 fully saturated rings. The molecule has 5 rings (SSSR count). The van der Waals surface area contributed by atoms with Crippen LogP contribution in [-0.2, 0) is 0 Å². The molecule has 2 aliphatic rings. The first-order valence-electron chi connectivity index (χ1n) is 8.95. The topological polar surface area (TPSA) is 79.5 Å². The Hall–Kier alpha value is -3.10. The Kier molecular flexibility index (Phi) is 3.56. The fourth-order valence-corrected chi connectivity index (χ4v) is 3.35. The van der Waals surface area contributed by atoms with E-state index in [4.69, 9.17) is 0 Å². The van der Waals surface area contributed by atoms with Crippen molar-refractivity contribution in [2.24, 2.45) is 0 Å². The fraction of sp³-hybridized carbons (Fsp3) is 0.389. The Morgan fingerprint density at radius 2 is 2.04 bits per heavy atom. The summed E-state index contributed by atoms with van der Waals surface area (Å²) in [5.74, 6) is 1.49. The molecule has 0 N–H and O–H groups in total. The summed E-state index contributed by atoms with van der Waals surface area (Å²) < 4.78 is 15.1. The molecule has 0 spiro atoms. The van der Waals surface area contributed by atoms with Crippen LogP contribution in [0, 0.1) is 5.82 Å². The summed E-state index contributed by atoms with van der Waals surface area (Å²) in [6.45, 7) is 1.34. The quantitative estimate of drug-likeness (QED) is 0.695. The lowest BCUT2D eigenvalue weighted by atomic mass is 10.1. The van der Waals surface area contributed by atoms with Crippen molar-refractivity contribution in [3.8, 4) is 0 Å². The average Bonchev–Trinajstić information content (AvgIpc) is 3.39. The molecule has 27 heavy (non-hydrogen) atoms. The van der Waals surface area contributed by atoms with E-state index < -0.39 is 5.82 Å². The van der Waals surface area contributed by atoms with E-state index in [0.717, 1.165) is 36.3 Å². The maximum absolute atomic E-state index is 13.3. The lowest BCUT2D eigenvalue weighted by molar-refractivity contribution is 0.0704. The minimum Gasteiger partial charge on any atom is -0.351 e. The largest absolute Gasteiger partial charge is 0.351 e. The Morgan fingerprint density at radius 3 is 2.78 bits per heavy atom. The van der Waals surface area contributed by atoms with Crippen molar-refractivity contribution in [2.45, 2.75) is 24.8 Å². The highest BCUT2D eigenvalue weighted by Crippen LogP contribution is 2.38. The summed E-state index contributed by atoms with van der Waals surface area (Å²) in [7, 11) is 1.73. The van der Waals surface area contributed by atoms with E-state index in [2.05, 4.69) is 25.2 Å². The number of hydrogen-bond acceptors (Lipinski definition) is 6. The number of amides is 1. The minimum atomic E-state index is -0.512. The van der Waals surface area contributed by atoms with Gasteiger partial charge in [-0.05, 0) is 31.0 Å². The number of rotatable bonds is 4. The number of halogens is 1. The first-order chi connectivity index (χ1) is 13.1. The van der Waals surface area contributed by atoms with Gasteiger partial charge in [-0.1, -0.05) is 0 Å². The molecule has 3 aromatic heterocycles. The summed E-state index contributed by atoms with van der Waals surface area (Å²) in [5.41, 5.74) is 1.01. The van der Waals surface area contributed by atoms with Gasteiger partial charge in [-0.15, -0.1) is 15.3 Å². The van der Waals surface area contributed by atoms with Crippen LogP contribution in [0.15, 0.2) is 30.6 Å². The SMILES string of the molecule is CN(C(=O)c1cncc(F)c1)C1CN(c2ccc3nnc(C4CC4)n3n2)C1. The fourth-order valence-electron chi connectivity index (χ4n) is 3.35. The van der Waals surface area contributed by atoms with Crippen LogP contribution < -0.4 is 4.90 Å². The van der Waals surface area contributed by atoms with Gasteiger partial charge in [0.25, 0.3) is 5.91 Å². The molecule has 1 aliphatic heterocycles. The predicted molar refractivity (Wildman–Crippen MR) is 95.0 cm³/mol. The Balaban J connectivity index is 1.29. The van der Waals surface area contributed by atoms with Crippen molar-refractivity contribution in [3.63, 3.8) is 0 Å². The number of likely N-dealkylation sites (N-methyl/N-ethyl adjacent to an activating group) is 1. The van der Waals surface area contributed by atoms with E-state index in [1.807, 2.05) is 16.6 Å². The average molecular weight is 367 g/mol. The second-order valence-corrected chi connectivity index (χ2v) is 7.16. The van der Waals surface area contributed by atoms with E-state index in [1.165, 1.54) is 12.3 Å². The highest BCUT2D eigenvalue weighted by molar-refractivity contribution is 5.94. The molecule has 0 unspecified atom stereocenters.